The minimum Gasteiger partial charge on any atom is -0.336 e. The van der Waals surface area contributed by atoms with Gasteiger partial charge in [-0.25, -0.2) is 9.07 Å². The number of carbonyl (C=O) groups excluding carboxylic acids is 1. The van der Waals surface area contributed by atoms with Crippen molar-refractivity contribution in [2.75, 3.05) is 26.2 Å². The largest absolute Gasteiger partial charge is 0.336 e. The van der Waals surface area contributed by atoms with Crippen LogP contribution in [0.5, 0.6) is 0 Å². The summed E-state index contributed by atoms with van der Waals surface area (Å²) in [5.41, 5.74) is 4.21. The highest BCUT2D eigenvalue weighted by Crippen LogP contribution is 2.21. The number of piperazine rings is 1. The number of aryl methyl sites for hydroxylation is 1. The normalized spacial score (nSPS) is 14.9. The number of carbonyl (C=O) groups is 1. The van der Waals surface area contributed by atoms with Gasteiger partial charge in [0.05, 0.1) is 22.6 Å². The molecular formula is C23H25FN4O. The Morgan fingerprint density at radius 1 is 1.00 bits per heavy atom. The van der Waals surface area contributed by atoms with E-state index in [0.717, 1.165) is 35.7 Å². The van der Waals surface area contributed by atoms with Crippen LogP contribution in [0.2, 0.25) is 0 Å². The molecule has 2 aromatic carbocycles. The third-order valence-corrected chi connectivity index (χ3v) is 5.46. The second-order valence-corrected chi connectivity index (χ2v) is 7.49. The number of nitrogens with zero attached hydrogens (tertiary/aromatic N) is 4. The molecule has 0 atom stereocenters. The molecule has 1 fully saturated rings. The molecule has 2 heterocycles. The van der Waals surface area contributed by atoms with Crippen molar-refractivity contribution in [2.45, 2.75) is 20.4 Å². The average molecular weight is 392 g/mol. The molecule has 5 nitrogen and oxygen atoms in total. The molecule has 0 bridgehead atoms. The van der Waals surface area contributed by atoms with Crippen LogP contribution in [0.1, 0.15) is 27.3 Å². The second kappa shape index (κ2) is 8.17. The summed E-state index contributed by atoms with van der Waals surface area (Å²) in [6.07, 6.45) is 0. The molecular weight excluding hydrogens is 367 g/mol. The van der Waals surface area contributed by atoms with Gasteiger partial charge in [0.25, 0.3) is 5.91 Å². The Labute approximate surface area is 170 Å². The van der Waals surface area contributed by atoms with Crippen LogP contribution >= 0.6 is 0 Å². The molecule has 0 N–H and O–H groups in total. The monoisotopic (exact) mass is 392 g/mol. The van der Waals surface area contributed by atoms with Crippen molar-refractivity contribution >= 4 is 5.91 Å². The highest BCUT2D eigenvalue weighted by Gasteiger charge is 2.27. The van der Waals surface area contributed by atoms with Gasteiger partial charge in [0.2, 0.25) is 0 Å². The SMILES string of the molecule is Cc1nn(-c2ccccc2)c(C)c1C(=O)N1CCN(Cc2cccc(F)c2)CC1. The maximum absolute atomic E-state index is 13.4. The molecule has 150 valence electrons. The number of halogens is 1. The molecule has 1 aliphatic rings. The van der Waals surface area contributed by atoms with Crippen LogP contribution in [0, 0.1) is 19.7 Å². The quantitative estimate of drug-likeness (QED) is 0.681. The van der Waals surface area contributed by atoms with Gasteiger partial charge >= 0.3 is 0 Å². The predicted octanol–water partition coefficient (Wildman–Crippen LogP) is 3.59. The van der Waals surface area contributed by atoms with E-state index >= 15 is 0 Å². The Hall–Kier alpha value is -2.99. The fourth-order valence-electron chi connectivity index (χ4n) is 3.93. The van der Waals surface area contributed by atoms with Gasteiger partial charge in [0.1, 0.15) is 5.82 Å². The van der Waals surface area contributed by atoms with Crippen molar-refractivity contribution in [1.29, 1.82) is 0 Å². The van der Waals surface area contributed by atoms with Crippen molar-refractivity contribution in [1.82, 2.24) is 19.6 Å². The lowest BCUT2D eigenvalue weighted by molar-refractivity contribution is 0.0627. The molecule has 4 rings (SSSR count). The van der Waals surface area contributed by atoms with Crippen LogP contribution in [0.25, 0.3) is 5.69 Å². The molecule has 0 aliphatic carbocycles. The van der Waals surface area contributed by atoms with Gasteiger partial charge in [-0.3, -0.25) is 9.69 Å². The van der Waals surface area contributed by atoms with Gasteiger partial charge in [-0.2, -0.15) is 5.10 Å². The van der Waals surface area contributed by atoms with Crippen LogP contribution in [0.4, 0.5) is 4.39 Å². The number of benzene rings is 2. The number of amides is 1. The van der Waals surface area contributed by atoms with Crippen LogP contribution in [-0.4, -0.2) is 51.7 Å². The van der Waals surface area contributed by atoms with Gasteiger partial charge in [0.15, 0.2) is 0 Å². The summed E-state index contributed by atoms with van der Waals surface area (Å²) in [7, 11) is 0. The van der Waals surface area contributed by atoms with E-state index in [0.29, 0.717) is 25.2 Å². The third-order valence-electron chi connectivity index (χ3n) is 5.46. The number of hydrogen-bond donors (Lipinski definition) is 0. The summed E-state index contributed by atoms with van der Waals surface area (Å²) in [5.74, 6) is -0.176. The Balaban J connectivity index is 1.44. The number of para-hydroxylation sites is 1. The molecule has 1 amide bonds. The van der Waals surface area contributed by atoms with Crippen LogP contribution in [-0.2, 0) is 6.54 Å². The highest BCUT2D eigenvalue weighted by molar-refractivity contribution is 5.96. The highest BCUT2D eigenvalue weighted by atomic mass is 19.1. The van der Waals surface area contributed by atoms with E-state index in [1.807, 2.05) is 59.8 Å². The fourth-order valence-corrected chi connectivity index (χ4v) is 3.93. The molecule has 0 radical (unpaired) electrons. The van der Waals surface area contributed by atoms with E-state index in [2.05, 4.69) is 10.00 Å². The van der Waals surface area contributed by atoms with Crippen LogP contribution in [0.3, 0.4) is 0 Å². The standard InChI is InChI=1S/C23H25FN4O/c1-17-22(18(2)28(25-17)21-9-4-3-5-10-21)23(29)27-13-11-26(12-14-27)16-19-7-6-8-20(24)15-19/h3-10,15H,11-14,16H2,1-2H3. The molecule has 0 saturated carbocycles. The molecule has 6 heteroatoms. The zero-order valence-electron chi connectivity index (χ0n) is 16.8. The summed E-state index contributed by atoms with van der Waals surface area (Å²) in [6.45, 7) is 7.39. The van der Waals surface area contributed by atoms with Crippen LogP contribution < -0.4 is 0 Å². The van der Waals surface area contributed by atoms with Gasteiger partial charge in [-0.05, 0) is 43.7 Å². The molecule has 1 aliphatic heterocycles. The number of rotatable bonds is 4. The maximum atomic E-state index is 13.4. The zero-order chi connectivity index (χ0) is 20.4. The molecule has 3 aromatic rings. The third kappa shape index (κ3) is 4.07. The van der Waals surface area contributed by atoms with Gasteiger partial charge in [-0.15, -0.1) is 0 Å². The Morgan fingerprint density at radius 3 is 2.41 bits per heavy atom. The Kier molecular flexibility index (Phi) is 5.45. The van der Waals surface area contributed by atoms with E-state index < -0.39 is 0 Å². The summed E-state index contributed by atoms with van der Waals surface area (Å²) in [5, 5.41) is 4.60. The van der Waals surface area contributed by atoms with E-state index in [9.17, 15) is 9.18 Å². The minimum absolute atomic E-state index is 0.0348. The van der Waals surface area contributed by atoms with Gasteiger partial charge < -0.3 is 4.90 Å². The molecule has 29 heavy (non-hydrogen) atoms. The summed E-state index contributed by atoms with van der Waals surface area (Å²) in [6, 6.07) is 16.6. The van der Waals surface area contributed by atoms with E-state index in [1.54, 1.807) is 12.1 Å². The topological polar surface area (TPSA) is 41.4 Å². The van der Waals surface area contributed by atoms with Crippen molar-refractivity contribution in [3.05, 3.63) is 82.9 Å². The number of aromatic nitrogens is 2. The van der Waals surface area contributed by atoms with Crippen molar-refractivity contribution < 1.29 is 9.18 Å². The Bertz CT molecular complexity index is 1010. The van der Waals surface area contributed by atoms with Crippen molar-refractivity contribution in [2.24, 2.45) is 0 Å². The summed E-state index contributed by atoms with van der Waals surface area (Å²) >= 11 is 0. The molecule has 0 unspecified atom stereocenters. The lowest BCUT2D eigenvalue weighted by Crippen LogP contribution is -2.48. The predicted molar refractivity (Wildman–Crippen MR) is 111 cm³/mol. The van der Waals surface area contributed by atoms with E-state index in [1.165, 1.54) is 6.07 Å². The average Bonchev–Trinajstić information content (AvgIpc) is 3.03. The van der Waals surface area contributed by atoms with Gasteiger partial charge in [0, 0.05) is 32.7 Å². The molecule has 0 spiro atoms. The first-order chi connectivity index (χ1) is 14.0. The summed E-state index contributed by atoms with van der Waals surface area (Å²) in [4.78, 5) is 17.4. The first-order valence-electron chi connectivity index (χ1n) is 9.90. The van der Waals surface area contributed by atoms with E-state index in [4.69, 9.17) is 0 Å². The first-order valence-corrected chi connectivity index (χ1v) is 9.90. The summed E-state index contributed by atoms with van der Waals surface area (Å²) < 4.78 is 15.2. The first kappa shape index (κ1) is 19.3. The second-order valence-electron chi connectivity index (χ2n) is 7.49. The lowest BCUT2D eigenvalue weighted by atomic mass is 10.1. The Morgan fingerprint density at radius 2 is 1.72 bits per heavy atom. The smallest absolute Gasteiger partial charge is 0.257 e. The minimum atomic E-state index is -0.210. The van der Waals surface area contributed by atoms with E-state index in [-0.39, 0.29) is 11.7 Å². The van der Waals surface area contributed by atoms with Crippen molar-refractivity contribution in [3.8, 4) is 5.69 Å². The maximum Gasteiger partial charge on any atom is 0.257 e. The van der Waals surface area contributed by atoms with Gasteiger partial charge in [-0.1, -0.05) is 30.3 Å². The lowest BCUT2D eigenvalue weighted by Gasteiger charge is -2.34. The van der Waals surface area contributed by atoms with Crippen LogP contribution in [0.15, 0.2) is 54.6 Å². The number of hydrogen-bond acceptors (Lipinski definition) is 3. The molecule has 1 aromatic heterocycles. The zero-order valence-corrected chi connectivity index (χ0v) is 16.8. The van der Waals surface area contributed by atoms with Crippen molar-refractivity contribution in [3.63, 3.8) is 0 Å². The fraction of sp³-hybridized carbons (Fsp3) is 0.304. The molecule has 1 saturated heterocycles.